The number of rotatable bonds is 4. The number of aromatic amines is 1. The van der Waals surface area contributed by atoms with E-state index in [1.807, 2.05) is 12.3 Å². The maximum Gasteiger partial charge on any atom is 0.147 e. The predicted molar refractivity (Wildman–Crippen MR) is 120 cm³/mol. The lowest BCUT2D eigenvalue weighted by Crippen LogP contribution is -2.32. The number of benzene rings is 1. The minimum Gasteiger partial charge on any atom is -0.494 e. The summed E-state index contributed by atoms with van der Waals surface area (Å²) in [5.41, 5.74) is 8.38. The summed E-state index contributed by atoms with van der Waals surface area (Å²) in [6.45, 7) is 4.18. The lowest BCUT2D eigenvalue weighted by molar-refractivity contribution is 0.318. The Morgan fingerprint density at radius 1 is 1.19 bits per heavy atom. The van der Waals surface area contributed by atoms with Crippen molar-refractivity contribution in [3.63, 3.8) is 0 Å². The summed E-state index contributed by atoms with van der Waals surface area (Å²) in [4.78, 5) is 5.09. The molecule has 4 heterocycles. The number of aryl methyl sites for hydroxylation is 1. The number of hydrogen-bond acceptors (Lipinski definition) is 5. The number of methoxy groups -OCH3 is 1. The van der Waals surface area contributed by atoms with Gasteiger partial charge in [-0.2, -0.15) is 10.2 Å². The molecule has 7 nitrogen and oxygen atoms in total. The van der Waals surface area contributed by atoms with E-state index in [0.29, 0.717) is 0 Å². The molecule has 2 aliphatic rings. The van der Waals surface area contributed by atoms with Crippen LogP contribution in [0.3, 0.4) is 0 Å². The fourth-order valence-electron chi connectivity index (χ4n) is 5.06. The Balaban J connectivity index is 1.49. The van der Waals surface area contributed by atoms with E-state index >= 15 is 0 Å². The van der Waals surface area contributed by atoms with Crippen molar-refractivity contribution >= 4 is 11.0 Å². The maximum atomic E-state index is 5.73. The summed E-state index contributed by atoms with van der Waals surface area (Å²) in [6.07, 6.45) is 8.47. The van der Waals surface area contributed by atoms with Gasteiger partial charge in [-0.05, 0) is 50.3 Å². The van der Waals surface area contributed by atoms with Crippen LogP contribution in [0.25, 0.3) is 33.5 Å². The van der Waals surface area contributed by atoms with Crippen LogP contribution in [0, 0.1) is 0 Å². The Kier molecular flexibility index (Phi) is 4.14. The van der Waals surface area contributed by atoms with Crippen LogP contribution in [0.15, 0.2) is 36.7 Å². The molecule has 0 spiro atoms. The van der Waals surface area contributed by atoms with Crippen molar-refractivity contribution in [2.45, 2.75) is 38.1 Å². The summed E-state index contributed by atoms with van der Waals surface area (Å²) >= 11 is 0. The molecule has 0 amide bonds. The molecule has 1 fully saturated rings. The number of hydrogen-bond donors (Lipinski definition) is 2. The Hall–Kier alpha value is -3.19. The first kappa shape index (κ1) is 18.6. The van der Waals surface area contributed by atoms with E-state index in [1.54, 1.807) is 7.11 Å². The number of aromatic nitrogens is 5. The zero-order valence-electron chi connectivity index (χ0n) is 17.9. The summed E-state index contributed by atoms with van der Waals surface area (Å²) < 4.78 is 7.80. The van der Waals surface area contributed by atoms with Crippen molar-refractivity contribution in [2.75, 3.05) is 20.2 Å². The molecule has 2 N–H and O–H groups in total. The summed E-state index contributed by atoms with van der Waals surface area (Å²) in [6, 6.07) is 8.52. The molecule has 0 radical (unpaired) electrons. The molecule has 3 aromatic heterocycles. The third kappa shape index (κ3) is 2.87. The van der Waals surface area contributed by atoms with Crippen LogP contribution in [0.4, 0.5) is 0 Å². The number of nitrogens with zero attached hydrogens (tertiary/aromatic N) is 4. The average molecular weight is 415 g/mol. The quantitative estimate of drug-likeness (QED) is 0.532. The molecule has 1 unspecified atom stereocenters. The van der Waals surface area contributed by atoms with Crippen molar-refractivity contribution in [3.8, 4) is 28.3 Å². The molecule has 1 aliphatic heterocycles. The van der Waals surface area contributed by atoms with Gasteiger partial charge in [0.25, 0.3) is 0 Å². The van der Waals surface area contributed by atoms with Crippen LogP contribution in [-0.4, -0.2) is 45.2 Å². The maximum absolute atomic E-state index is 5.73. The first-order valence-electron chi connectivity index (χ1n) is 11.0. The zero-order chi connectivity index (χ0) is 21.0. The van der Waals surface area contributed by atoms with E-state index in [1.165, 1.54) is 23.1 Å². The smallest absolute Gasteiger partial charge is 0.147 e. The number of ether oxygens (including phenoxy) is 1. The van der Waals surface area contributed by atoms with E-state index < -0.39 is 0 Å². The van der Waals surface area contributed by atoms with Gasteiger partial charge in [0.1, 0.15) is 22.7 Å². The number of nitrogens with one attached hydrogen (secondary N) is 2. The van der Waals surface area contributed by atoms with Gasteiger partial charge in [0.05, 0.1) is 24.4 Å². The number of pyridine rings is 1. The first-order valence-corrected chi connectivity index (χ1v) is 11.0. The molecule has 31 heavy (non-hydrogen) atoms. The second kappa shape index (κ2) is 6.92. The van der Waals surface area contributed by atoms with Crippen molar-refractivity contribution < 1.29 is 4.74 Å². The van der Waals surface area contributed by atoms with Gasteiger partial charge >= 0.3 is 0 Å². The van der Waals surface area contributed by atoms with Gasteiger partial charge in [-0.15, -0.1) is 0 Å². The lowest BCUT2D eigenvalue weighted by Gasteiger charge is -2.23. The fraction of sp³-hybridized carbons (Fsp3) is 0.375. The molecule has 1 aromatic carbocycles. The van der Waals surface area contributed by atoms with Crippen LogP contribution in [0.5, 0.6) is 5.75 Å². The van der Waals surface area contributed by atoms with Crippen LogP contribution in [0.2, 0.25) is 0 Å². The van der Waals surface area contributed by atoms with Crippen LogP contribution in [-0.2, 0) is 18.4 Å². The second-order valence-electron chi connectivity index (χ2n) is 8.90. The molecule has 158 valence electrons. The topological polar surface area (TPSA) is 80.6 Å². The van der Waals surface area contributed by atoms with E-state index in [2.05, 4.69) is 56.6 Å². The molecule has 1 atom stereocenters. The molecular formula is C24H26N6O. The van der Waals surface area contributed by atoms with Gasteiger partial charge < -0.3 is 10.1 Å². The number of fused-ring (bicyclic) bond motifs is 2. The summed E-state index contributed by atoms with van der Waals surface area (Å²) in [7, 11) is 1.70. The molecule has 6 rings (SSSR count). The van der Waals surface area contributed by atoms with Gasteiger partial charge in [-0.3, -0.25) is 9.78 Å². The third-order valence-corrected chi connectivity index (χ3v) is 6.88. The number of H-pyrrole nitrogens is 1. The van der Waals surface area contributed by atoms with Crippen LogP contribution >= 0.6 is 0 Å². The first-order chi connectivity index (χ1) is 15.2. The molecule has 4 aromatic rings. The molecule has 0 saturated carbocycles. The Labute approximate surface area is 180 Å². The summed E-state index contributed by atoms with van der Waals surface area (Å²) in [5.74, 6) is 0.767. The monoisotopic (exact) mass is 414 g/mol. The van der Waals surface area contributed by atoms with Gasteiger partial charge in [0.2, 0.25) is 0 Å². The van der Waals surface area contributed by atoms with Crippen LogP contribution < -0.4 is 10.1 Å². The molecular weight excluding hydrogens is 388 g/mol. The Morgan fingerprint density at radius 2 is 2.13 bits per heavy atom. The fourth-order valence-corrected chi connectivity index (χ4v) is 5.06. The van der Waals surface area contributed by atoms with Crippen molar-refractivity contribution in [1.82, 2.24) is 30.3 Å². The molecule has 1 aliphatic carbocycles. The minimum absolute atomic E-state index is 0.00321. The molecule has 7 heteroatoms. The van der Waals surface area contributed by atoms with E-state index in [-0.39, 0.29) is 5.54 Å². The highest BCUT2D eigenvalue weighted by atomic mass is 16.5. The Bertz CT molecular complexity index is 1280. The van der Waals surface area contributed by atoms with E-state index in [4.69, 9.17) is 9.72 Å². The third-order valence-electron chi connectivity index (χ3n) is 6.88. The van der Waals surface area contributed by atoms with Crippen molar-refractivity contribution in [1.29, 1.82) is 0 Å². The van der Waals surface area contributed by atoms with Gasteiger partial charge in [0.15, 0.2) is 0 Å². The SMILES string of the molecule is COc1cc2[nH]nc(-c3cnn(C4(C)CCNC4)c3)c2nc1-c1cccc2c1CCC2. The molecule has 0 bridgehead atoms. The van der Waals surface area contributed by atoms with Gasteiger partial charge in [-0.1, -0.05) is 18.2 Å². The highest BCUT2D eigenvalue weighted by molar-refractivity contribution is 5.92. The van der Waals surface area contributed by atoms with Crippen LogP contribution in [0.1, 0.15) is 30.9 Å². The average Bonchev–Trinajstić information content (AvgIpc) is 3.58. The van der Waals surface area contributed by atoms with Gasteiger partial charge in [-0.25, -0.2) is 4.98 Å². The minimum atomic E-state index is -0.00321. The van der Waals surface area contributed by atoms with Gasteiger partial charge in [0, 0.05) is 29.9 Å². The predicted octanol–water partition coefficient (Wildman–Crippen LogP) is 3.69. The Morgan fingerprint density at radius 3 is 2.97 bits per heavy atom. The molecule has 1 saturated heterocycles. The van der Waals surface area contributed by atoms with E-state index in [0.717, 1.165) is 66.1 Å². The normalized spacial score (nSPS) is 20.5. The highest BCUT2D eigenvalue weighted by Gasteiger charge is 2.31. The largest absolute Gasteiger partial charge is 0.494 e. The lowest BCUT2D eigenvalue weighted by atomic mass is 9.99. The van der Waals surface area contributed by atoms with Crippen molar-refractivity contribution in [2.24, 2.45) is 0 Å². The highest BCUT2D eigenvalue weighted by Crippen LogP contribution is 2.39. The standard InChI is InChI=1S/C24H26N6O/c1-24(9-10-25-14-24)30-13-16(12-26-30)21-23-19(28-29-21)11-20(31-2)22(27-23)18-8-4-6-15-5-3-7-17(15)18/h4,6,8,11-13,25H,3,5,7,9-10,14H2,1-2H3,(H,28,29). The summed E-state index contributed by atoms with van der Waals surface area (Å²) in [5, 5.41) is 15.8. The van der Waals surface area contributed by atoms with Crippen molar-refractivity contribution in [3.05, 3.63) is 47.8 Å². The van der Waals surface area contributed by atoms with E-state index in [9.17, 15) is 0 Å². The second-order valence-corrected chi connectivity index (χ2v) is 8.90. The zero-order valence-corrected chi connectivity index (χ0v) is 17.9.